The first-order valence-corrected chi connectivity index (χ1v) is 8.82. The fourth-order valence-corrected chi connectivity index (χ4v) is 2.50. The minimum atomic E-state index is -0.468. The molecule has 2 rings (SSSR count). The lowest BCUT2D eigenvalue weighted by Gasteiger charge is -2.24. The maximum atomic E-state index is 12.7. The fraction of sp³-hybridized carbons (Fsp3) is 0.333. The zero-order valence-corrected chi connectivity index (χ0v) is 16.5. The van der Waals surface area contributed by atoms with Crippen molar-refractivity contribution in [1.82, 2.24) is 4.90 Å². The minimum Gasteiger partial charge on any atom is -0.482 e. The van der Waals surface area contributed by atoms with E-state index in [4.69, 9.17) is 4.74 Å². The smallest absolute Gasteiger partial charge is 0.259 e. The maximum absolute atomic E-state index is 12.7. The van der Waals surface area contributed by atoms with E-state index in [2.05, 4.69) is 5.32 Å². The summed E-state index contributed by atoms with van der Waals surface area (Å²) in [6, 6.07) is 14.6. The summed E-state index contributed by atoms with van der Waals surface area (Å²) in [5.74, 6) is 0.347. The number of aryl methyl sites for hydroxylation is 1. The van der Waals surface area contributed by atoms with Crippen LogP contribution in [0.3, 0.4) is 0 Å². The van der Waals surface area contributed by atoms with E-state index in [9.17, 15) is 9.59 Å². The van der Waals surface area contributed by atoms with Crippen molar-refractivity contribution in [1.29, 1.82) is 0 Å². The lowest BCUT2D eigenvalue weighted by molar-refractivity contribution is -0.130. The molecule has 1 unspecified atom stereocenters. The third-order valence-electron chi connectivity index (χ3n) is 4.20. The van der Waals surface area contributed by atoms with E-state index < -0.39 is 6.04 Å². The van der Waals surface area contributed by atoms with E-state index in [-0.39, 0.29) is 18.4 Å². The van der Waals surface area contributed by atoms with Crippen molar-refractivity contribution in [3.8, 4) is 5.75 Å². The standard InChI is InChI=1S/C21H27N3O3/c1-15-11-12-18(19(13-15)27-14-20(25)23(3)4)22-16(2)21(26)24(5)17-9-7-6-8-10-17/h6-13,16,22H,14H2,1-5H3. The second-order valence-corrected chi connectivity index (χ2v) is 6.68. The predicted molar refractivity (Wildman–Crippen MR) is 108 cm³/mol. The van der Waals surface area contributed by atoms with Gasteiger partial charge in [-0.1, -0.05) is 24.3 Å². The number of para-hydroxylation sites is 1. The van der Waals surface area contributed by atoms with Crippen LogP contribution in [-0.4, -0.2) is 50.5 Å². The Morgan fingerprint density at radius 3 is 2.37 bits per heavy atom. The summed E-state index contributed by atoms with van der Waals surface area (Å²) < 4.78 is 5.69. The van der Waals surface area contributed by atoms with Gasteiger partial charge in [-0.25, -0.2) is 0 Å². The van der Waals surface area contributed by atoms with Gasteiger partial charge in [0.2, 0.25) is 5.91 Å². The lowest BCUT2D eigenvalue weighted by Crippen LogP contribution is -2.39. The Morgan fingerprint density at radius 1 is 1.07 bits per heavy atom. The first-order valence-electron chi connectivity index (χ1n) is 8.82. The van der Waals surface area contributed by atoms with Crippen LogP contribution in [0.5, 0.6) is 5.75 Å². The van der Waals surface area contributed by atoms with Gasteiger partial charge in [0, 0.05) is 26.8 Å². The molecule has 0 heterocycles. The van der Waals surface area contributed by atoms with Gasteiger partial charge in [0.15, 0.2) is 6.61 Å². The van der Waals surface area contributed by atoms with Crippen LogP contribution in [0.25, 0.3) is 0 Å². The van der Waals surface area contributed by atoms with Crippen molar-refractivity contribution in [2.45, 2.75) is 19.9 Å². The van der Waals surface area contributed by atoms with Crippen molar-refractivity contribution in [3.05, 3.63) is 54.1 Å². The number of anilines is 2. The van der Waals surface area contributed by atoms with Crippen LogP contribution >= 0.6 is 0 Å². The van der Waals surface area contributed by atoms with Gasteiger partial charge in [-0.05, 0) is 43.7 Å². The molecule has 144 valence electrons. The summed E-state index contributed by atoms with van der Waals surface area (Å²) in [7, 11) is 5.11. The van der Waals surface area contributed by atoms with E-state index in [0.717, 1.165) is 11.3 Å². The summed E-state index contributed by atoms with van der Waals surface area (Å²) in [6.07, 6.45) is 0. The number of carbonyl (C=O) groups excluding carboxylic acids is 2. The van der Waals surface area contributed by atoms with Crippen LogP contribution in [0.2, 0.25) is 0 Å². The Labute approximate surface area is 160 Å². The normalized spacial score (nSPS) is 11.4. The molecular formula is C21H27N3O3. The Morgan fingerprint density at radius 2 is 1.74 bits per heavy atom. The number of likely N-dealkylation sites (N-methyl/N-ethyl adjacent to an activating group) is 2. The summed E-state index contributed by atoms with van der Waals surface area (Å²) in [4.78, 5) is 27.6. The highest BCUT2D eigenvalue weighted by Gasteiger charge is 2.20. The maximum Gasteiger partial charge on any atom is 0.259 e. The highest BCUT2D eigenvalue weighted by atomic mass is 16.5. The number of hydrogen-bond donors (Lipinski definition) is 1. The molecule has 0 fully saturated rings. The number of benzene rings is 2. The topological polar surface area (TPSA) is 61.9 Å². The van der Waals surface area contributed by atoms with E-state index in [1.807, 2.05) is 55.5 Å². The van der Waals surface area contributed by atoms with Crippen molar-refractivity contribution < 1.29 is 14.3 Å². The average molecular weight is 369 g/mol. The first kappa shape index (κ1) is 20.3. The molecule has 2 amide bonds. The number of carbonyl (C=O) groups is 2. The molecule has 6 heteroatoms. The SMILES string of the molecule is Cc1ccc(NC(C)C(=O)N(C)c2ccccc2)c(OCC(=O)N(C)C)c1. The van der Waals surface area contributed by atoms with Crippen LogP contribution < -0.4 is 15.0 Å². The third-order valence-corrected chi connectivity index (χ3v) is 4.20. The van der Waals surface area contributed by atoms with Crippen molar-refractivity contribution in [3.63, 3.8) is 0 Å². The summed E-state index contributed by atoms with van der Waals surface area (Å²) >= 11 is 0. The lowest BCUT2D eigenvalue weighted by atomic mass is 10.2. The third kappa shape index (κ3) is 5.48. The van der Waals surface area contributed by atoms with Crippen LogP contribution in [0.15, 0.2) is 48.5 Å². The summed E-state index contributed by atoms with van der Waals surface area (Å²) in [6.45, 7) is 3.69. The van der Waals surface area contributed by atoms with E-state index >= 15 is 0 Å². The predicted octanol–water partition coefficient (Wildman–Crippen LogP) is 2.93. The molecule has 0 saturated carbocycles. The van der Waals surface area contributed by atoms with Crippen molar-refractivity contribution >= 4 is 23.2 Å². The molecule has 2 aromatic rings. The molecule has 2 aromatic carbocycles. The molecule has 0 aliphatic heterocycles. The Balaban J connectivity index is 2.11. The molecule has 0 saturated heterocycles. The second kappa shape index (κ2) is 9.07. The first-order chi connectivity index (χ1) is 12.8. The molecule has 6 nitrogen and oxygen atoms in total. The van der Waals surface area contributed by atoms with Gasteiger partial charge >= 0.3 is 0 Å². The van der Waals surface area contributed by atoms with Gasteiger partial charge in [-0.3, -0.25) is 9.59 Å². The van der Waals surface area contributed by atoms with Crippen LogP contribution in [-0.2, 0) is 9.59 Å². The monoisotopic (exact) mass is 369 g/mol. The van der Waals surface area contributed by atoms with Gasteiger partial charge in [0.25, 0.3) is 5.91 Å². The van der Waals surface area contributed by atoms with E-state index in [1.54, 1.807) is 33.0 Å². The fourth-order valence-electron chi connectivity index (χ4n) is 2.50. The number of amides is 2. The number of ether oxygens (including phenoxy) is 1. The molecule has 0 aliphatic rings. The van der Waals surface area contributed by atoms with Gasteiger partial charge < -0.3 is 19.9 Å². The van der Waals surface area contributed by atoms with Crippen molar-refractivity contribution in [2.75, 3.05) is 38.0 Å². The van der Waals surface area contributed by atoms with Crippen LogP contribution in [0, 0.1) is 6.92 Å². The van der Waals surface area contributed by atoms with Crippen LogP contribution in [0.1, 0.15) is 12.5 Å². The largest absolute Gasteiger partial charge is 0.482 e. The number of hydrogen-bond acceptors (Lipinski definition) is 4. The van der Waals surface area contributed by atoms with Gasteiger partial charge in [-0.2, -0.15) is 0 Å². The molecule has 0 bridgehead atoms. The summed E-state index contributed by atoms with van der Waals surface area (Å²) in [5.41, 5.74) is 2.51. The van der Waals surface area contributed by atoms with E-state index in [0.29, 0.717) is 11.4 Å². The second-order valence-electron chi connectivity index (χ2n) is 6.68. The average Bonchev–Trinajstić information content (AvgIpc) is 2.67. The zero-order chi connectivity index (χ0) is 20.0. The Hall–Kier alpha value is -3.02. The van der Waals surface area contributed by atoms with Gasteiger partial charge in [0.05, 0.1) is 5.69 Å². The molecule has 0 aliphatic carbocycles. The van der Waals surface area contributed by atoms with Crippen LogP contribution in [0.4, 0.5) is 11.4 Å². The number of rotatable bonds is 7. The molecule has 0 aromatic heterocycles. The quantitative estimate of drug-likeness (QED) is 0.815. The minimum absolute atomic E-state index is 0.0582. The highest BCUT2D eigenvalue weighted by Crippen LogP contribution is 2.27. The van der Waals surface area contributed by atoms with Gasteiger partial charge in [0.1, 0.15) is 11.8 Å². The summed E-state index contributed by atoms with van der Waals surface area (Å²) in [5, 5.41) is 3.20. The van der Waals surface area contributed by atoms with E-state index in [1.165, 1.54) is 4.90 Å². The van der Waals surface area contributed by atoms with Gasteiger partial charge in [-0.15, -0.1) is 0 Å². The number of nitrogens with zero attached hydrogens (tertiary/aromatic N) is 2. The molecule has 1 N–H and O–H groups in total. The Kier molecular flexibility index (Phi) is 6.82. The molecular weight excluding hydrogens is 342 g/mol. The van der Waals surface area contributed by atoms with Crippen molar-refractivity contribution in [2.24, 2.45) is 0 Å². The zero-order valence-electron chi connectivity index (χ0n) is 16.5. The molecule has 27 heavy (non-hydrogen) atoms. The highest BCUT2D eigenvalue weighted by molar-refractivity contribution is 5.98. The number of nitrogens with one attached hydrogen (secondary N) is 1. The molecule has 0 spiro atoms. The molecule has 1 atom stereocenters. The molecule has 0 radical (unpaired) electrons. The Bertz CT molecular complexity index is 791.